The minimum absolute atomic E-state index is 0.0167. The summed E-state index contributed by atoms with van der Waals surface area (Å²) >= 11 is 0. The summed E-state index contributed by atoms with van der Waals surface area (Å²) in [4.78, 5) is 6.86. The number of ether oxygens (including phenoxy) is 1. The standard InChI is InChI=1S/C18H28FN3O2/c1-3-24-12-6-10-20-18(22-11-5-4-7-14(22)2)21-16-13-15(19)8-9-17(16)23/h8-9,13-14,23H,3-7,10-12H2,1-2H3,(H,20,21). The van der Waals surface area contributed by atoms with Gasteiger partial charge in [-0.2, -0.15) is 0 Å². The van der Waals surface area contributed by atoms with Crippen molar-refractivity contribution < 1.29 is 14.2 Å². The smallest absolute Gasteiger partial charge is 0.198 e. The van der Waals surface area contributed by atoms with Crippen LogP contribution in [0.15, 0.2) is 23.2 Å². The van der Waals surface area contributed by atoms with Crippen LogP contribution in [0.5, 0.6) is 5.75 Å². The van der Waals surface area contributed by atoms with Crippen LogP contribution >= 0.6 is 0 Å². The maximum Gasteiger partial charge on any atom is 0.198 e. The molecule has 0 aromatic heterocycles. The van der Waals surface area contributed by atoms with Crippen molar-refractivity contribution in [1.82, 2.24) is 4.90 Å². The minimum atomic E-state index is -0.391. The number of benzene rings is 1. The van der Waals surface area contributed by atoms with Crippen molar-refractivity contribution in [3.05, 3.63) is 24.0 Å². The van der Waals surface area contributed by atoms with Gasteiger partial charge in [-0.1, -0.05) is 0 Å². The lowest BCUT2D eigenvalue weighted by Crippen LogP contribution is -2.45. The Morgan fingerprint density at radius 1 is 1.46 bits per heavy atom. The van der Waals surface area contributed by atoms with Crippen LogP contribution in [-0.2, 0) is 4.74 Å². The first kappa shape index (κ1) is 18.5. The van der Waals surface area contributed by atoms with Gasteiger partial charge in [0.15, 0.2) is 5.96 Å². The van der Waals surface area contributed by atoms with E-state index in [1.807, 2.05) is 6.92 Å². The van der Waals surface area contributed by atoms with Gasteiger partial charge in [0.25, 0.3) is 0 Å². The van der Waals surface area contributed by atoms with E-state index in [1.54, 1.807) is 0 Å². The van der Waals surface area contributed by atoms with Gasteiger partial charge in [0.2, 0.25) is 0 Å². The van der Waals surface area contributed by atoms with E-state index in [2.05, 4.69) is 22.1 Å². The molecule has 1 aromatic carbocycles. The van der Waals surface area contributed by atoms with Crippen LogP contribution in [0, 0.1) is 5.82 Å². The number of rotatable bonds is 6. The first-order chi connectivity index (χ1) is 11.6. The number of halogens is 1. The predicted octanol–water partition coefficient (Wildman–Crippen LogP) is 3.60. The molecule has 5 nitrogen and oxygen atoms in total. The number of piperidine rings is 1. The Hall–Kier alpha value is -1.82. The summed E-state index contributed by atoms with van der Waals surface area (Å²) in [5.74, 6) is 0.320. The molecule has 2 N–H and O–H groups in total. The zero-order chi connectivity index (χ0) is 17.4. The van der Waals surface area contributed by atoms with Crippen molar-refractivity contribution in [3.8, 4) is 5.75 Å². The molecule has 1 unspecified atom stereocenters. The molecule has 1 aromatic rings. The number of aromatic hydroxyl groups is 1. The summed E-state index contributed by atoms with van der Waals surface area (Å²) in [6, 6.07) is 4.25. The second-order valence-electron chi connectivity index (χ2n) is 6.08. The lowest BCUT2D eigenvalue weighted by molar-refractivity contribution is 0.146. The van der Waals surface area contributed by atoms with Gasteiger partial charge in [0, 0.05) is 38.4 Å². The van der Waals surface area contributed by atoms with Crippen LogP contribution in [0.3, 0.4) is 0 Å². The van der Waals surface area contributed by atoms with E-state index in [0.29, 0.717) is 37.4 Å². The number of anilines is 1. The Kier molecular flexibility index (Phi) is 7.31. The first-order valence-corrected chi connectivity index (χ1v) is 8.76. The minimum Gasteiger partial charge on any atom is -0.506 e. The van der Waals surface area contributed by atoms with Crippen molar-refractivity contribution in [2.45, 2.75) is 45.6 Å². The molecule has 24 heavy (non-hydrogen) atoms. The number of nitrogens with one attached hydrogen (secondary N) is 1. The highest BCUT2D eigenvalue weighted by molar-refractivity contribution is 5.95. The zero-order valence-electron chi connectivity index (χ0n) is 14.6. The molecule has 6 heteroatoms. The summed E-state index contributed by atoms with van der Waals surface area (Å²) in [5, 5.41) is 13.1. The quantitative estimate of drug-likeness (QED) is 0.360. The van der Waals surface area contributed by atoms with Gasteiger partial charge in [-0.15, -0.1) is 0 Å². The lowest BCUT2D eigenvalue weighted by Gasteiger charge is -2.36. The highest BCUT2D eigenvalue weighted by Crippen LogP contribution is 2.25. The Bertz CT molecular complexity index is 551. The molecule has 0 radical (unpaired) electrons. The molecule has 0 aliphatic carbocycles. The summed E-state index contributed by atoms with van der Waals surface area (Å²) in [6.07, 6.45) is 4.25. The molecule has 1 aliphatic heterocycles. The molecule has 0 saturated carbocycles. The third-order valence-corrected chi connectivity index (χ3v) is 4.19. The highest BCUT2D eigenvalue weighted by atomic mass is 19.1. The van der Waals surface area contributed by atoms with Crippen LogP contribution in [0.25, 0.3) is 0 Å². The summed E-state index contributed by atoms with van der Waals surface area (Å²) in [5.41, 5.74) is 0.344. The fraction of sp³-hybridized carbons (Fsp3) is 0.611. The second-order valence-corrected chi connectivity index (χ2v) is 6.08. The van der Waals surface area contributed by atoms with Gasteiger partial charge in [0.1, 0.15) is 11.6 Å². The molecule has 1 saturated heterocycles. The van der Waals surface area contributed by atoms with E-state index in [-0.39, 0.29) is 5.75 Å². The van der Waals surface area contributed by atoms with E-state index in [1.165, 1.54) is 24.6 Å². The van der Waals surface area contributed by atoms with Gasteiger partial charge < -0.3 is 20.1 Å². The third kappa shape index (κ3) is 5.37. The van der Waals surface area contributed by atoms with Crippen LogP contribution in [0.2, 0.25) is 0 Å². The Balaban J connectivity index is 2.12. The predicted molar refractivity (Wildman–Crippen MR) is 95.1 cm³/mol. The fourth-order valence-corrected chi connectivity index (χ4v) is 2.84. The van der Waals surface area contributed by atoms with Gasteiger partial charge in [-0.3, -0.25) is 4.99 Å². The van der Waals surface area contributed by atoms with Gasteiger partial charge >= 0.3 is 0 Å². The zero-order valence-corrected chi connectivity index (χ0v) is 14.6. The number of aliphatic imine (C=N–C) groups is 1. The van der Waals surface area contributed by atoms with Crippen molar-refractivity contribution in [2.24, 2.45) is 4.99 Å². The number of hydrogen-bond donors (Lipinski definition) is 2. The molecular formula is C18H28FN3O2. The molecule has 2 rings (SSSR count). The van der Waals surface area contributed by atoms with E-state index < -0.39 is 5.82 Å². The normalized spacial score (nSPS) is 18.7. The summed E-state index contributed by atoms with van der Waals surface area (Å²) < 4.78 is 18.8. The molecule has 1 aliphatic rings. The van der Waals surface area contributed by atoms with E-state index >= 15 is 0 Å². The lowest BCUT2D eigenvalue weighted by atomic mass is 10.0. The van der Waals surface area contributed by atoms with Crippen molar-refractivity contribution >= 4 is 11.6 Å². The molecule has 134 valence electrons. The number of hydrogen-bond acceptors (Lipinski definition) is 3. The first-order valence-electron chi connectivity index (χ1n) is 8.76. The third-order valence-electron chi connectivity index (χ3n) is 4.19. The molecule has 1 atom stereocenters. The maximum absolute atomic E-state index is 13.5. The largest absolute Gasteiger partial charge is 0.506 e. The fourth-order valence-electron chi connectivity index (χ4n) is 2.84. The molecule has 1 fully saturated rings. The average Bonchev–Trinajstić information content (AvgIpc) is 2.57. The molecule has 1 heterocycles. The van der Waals surface area contributed by atoms with Gasteiger partial charge in [-0.25, -0.2) is 4.39 Å². The van der Waals surface area contributed by atoms with Crippen LogP contribution < -0.4 is 5.32 Å². The average molecular weight is 337 g/mol. The highest BCUT2D eigenvalue weighted by Gasteiger charge is 2.22. The summed E-state index contributed by atoms with van der Waals surface area (Å²) in [6.45, 7) is 7.06. The van der Waals surface area contributed by atoms with Crippen LogP contribution in [-0.4, -0.2) is 48.3 Å². The molecule has 0 spiro atoms. The van der Waals surface area contributed by atoms with Gasteiger partial charge in [-0.05, 0) is 51.7 Å². The van der Waals surface area contributed by atoms with Crippen LogP contribution in [0.4, 0.5) is 10.1 Å². The number of phenols is 1. The van der Waals surface area contributed by atoms with E-state index in [4.69, 9.17) is 4.74 Å². The van der Waals surface area contributed by atoms with E-state index in [0.717, 1.165) is 25.8 Å². The van der Waals surface area contributed by atoms with Gasteiger partial charge in [0.05, 0.1) is 5.69 Å². The van der Waals surface area contributed by atoms with Crippen molar-refractivity contribution in [2.75, 3.05) is 31.6 Å². The molecule has 0 bridgehead atoms. The maximum atomic E-state index is 13.5. The topological polar surface area (TPSA) is 57.1 Å². The van der Waals surface area contributed by atoms with Crippen molar-refractivity contribution in [3.63, 3.8) is 0 Å². The Labute approximate surface area is 143 Å². The number of phenolic OH excluding ortho intramolecular Hbond substituents is 1. The monoisotopic (exact) mass is 337 g/mol. The Morgan fingerprint density at radius 2 is 2.29 bits per heavy atom. The SMILES string of the molecule is CCOCCCN=C(Nc1cc(F)ccc1O)N1CCCCC1C. The number of nitrogens with zero attached hydrogens (tertiary/aromatic N) is 2. The van der Waals surface area contributed by atoms with Crippen LogP contribution in [0.1, 0.15) is 39.5 Å². The number of guanidine groups is 1. The van der Waals surface area contributed by atoms with E-state index in [9.17, 15) is 9.50 Å². The second kappa shape index (κ2) is 9.47. The molecule has 0 amide bonds. The summed E-state index contributed by atoms with van der Waals surface area (Å²) in [7, 11) is 0. The van der Waals surface area contributed by atoms with Crippen molar-refractivity contribution in [1.29, 1.82) is 0 Å². The number of likely N-dealkylation sites (tertiary alicyclic amines) is 1. The Morgan fingerprint density at radius 3 is 3.04 bits per heavy atom. The molecular weight excluding hydrogens is 309 g/mol.